The second-order valence-electron chi connectivity index (χ2n) is 2.92. The van der Waals surface area contributed by atoms with Gasteiger partial charge < -0.3 is 19.5 Å². The molecule has 1 aromatic carbocycles. The number of anilines is 1. The van der Waals surface area contributed by atoms with Gasteiger partial charge in [0.15, 0.2) is 11.5 Å². The SMILES string of the molecule is CCOC(=S)Nc1ccc(OC)c(OC)c1. The molecule has 88 valence electrons. The highest BCUT2D eigenvalue weighted by Crippen LogP contribution is 2.29. The predicted octanol–water partition coefficient (Wildman–Crippen LogP) is 2.44. The Hall–Kier alpha value is -1.49. The van der Waals surface area contributed by atoms with Crippen molar-refractivity contribution >= 4 is 23.1 Å². The van der Waals surface area contributed by atoms with E-state index >= 15 is 0 Å². The van der Waals surface area contributed by atoms with Crippen molar-refractivity contribution in [1.82, 2.24) is 0 Å². The minimum Gasteiger partial charge on any atom is -0.493 e. The summed E-state index contributed by atoms with van der Waals surface area (Å²) in [7, 11) is 3.18. The van der Waals surface area contributed by atoms with Gasteiger partial charge in [-0.05, 0) is 31.3 Å². The number of hydrogen-bond acceptors (Lipinski definition) is 4. The molecule has 0 amide bonds. The lowest BCUT2D eigenvalue weighted by atomic mass is 10.3. The lowest BCUT2D eigenvalue weighted by Gasteiger charge is -2.11. The zero-order valence-corrected chi connectivity index (χ0v) is 10.4. The van der Waals surface area contributed by atoms with E-state index in [0.29, 0.717) is 23.3 Å². The van der Waals surface area contributed by atoms with E-state index in [-0.39, 0.29) is 0 Å². The third-order valence-electron chi connectivity index (χ3n) is 1.91. The van der Waals surface area contributed by atoms with Crippen molar-refractivity contribution in [2.75, 3.05) is 26.1 Å². The van der Waals surface area contributed by atoms with Crippen molar-refractivity contribution in [3.05, 3.63) is 18.2 Å². The maximum absolute atomic E-state index is 5.17. The predicted molar refractivity (Wildman–Crippen MR) is 67.4 cm³/mol. The Morgan fingerprint density at radius 2 is 1.94 bits per heavy atom. The highest BCUT2D eigenvalue weighted by atomic mass is 32.1. The van der Waals surface area contributed by atoms with Crippen LogP contribution in [0.3, 0.4) is 0 Å². The van der Waals surface area contributed by atoms with Crippen molar-refractivity contribution in [3.63, 3.8) is 0 Å². The van der Waals surface area contributed by atoms with E-state index in [1.165, 1.54) is 0 Å². The lowest BCUT2D eigenvalue weighted by Crippen LogP contribution is -2.12. The molecule has 0 unspecified atom stereocenters. The summed E-state index contributed by atoms with van der Waals surface area (Å²) < 4.78 is 15.4. The highest BCUT2D eigenvalue weighted by molar-refractivity contribution is 7.80. The normalized spacial score (nSPS) is 9.44. The molecule has 0 saturated carbocycles. The van der Waals surface area contributed by atoms with E-state index in [1.807, 2.05) is 13.0 Å². The maximum atomic E-state index is 5.17. The van der Waals surface area contributed by atoms with Crippen molar-refractivity contribution in [1.29, 1.82) is 0 Å². The van der Waals surface area contributed by atoms with Crippen LogP contribution in [0.1, 0.15) is 6.92 Å². The number of hydrogen-bond donors (Lipinski definition) is 1. The monoisotopic (exact) mass is 241 g/mol. The van der Waals surface area contributed by atoms with Crippen LogP contribution in [0.25, 0.3) is 0 Å². The first-order valence-corrected chi connectivity index (χ1v) is 5.28. The fraction of sp³-hybridized carbons (Fsp3) is 0.364. The van der Waals surface area contributed by atoms with E-state index in [1.54, 1.807) is 26.4 Å². The molecule has 5 heteroatoms. The van der Waals surface area contributed by atoms with Gasteiger partial charge in [0.05, 0.1) is 20.8 Å². The topological polar surface area (TPSA) is 39.7 Å². The molecule has 0 radical (unpaired) electrons. The Balaban J connectivity index is 2.78. The van der Waals surface area contributed by atoms with E-state index in [2.05, 4.69) is 5.32 Å². The molecule has 0 aliphatic rings. The number of rotatable bonds is 4. The lowest BCUT2D eigenvalue weighted by molar-refractivity contribution is 0.335. The van der Waals surface area contributed by atoms with Gasteiger partial charge in [-0.25, -0.2) is 0 Å². The molecule has 0 aliphatic heterocycles. The van der Waals surface area contributed by atoms with Crippen LogP contribution in [0, 0.1) is 0 Å². The van der Waals surface area contributed by atoms with Gasteiger partial charge in [-0.3, -0.25) is 0 Å². The third-order valence-corrected chi connectivity index (χ3v) is 2.13. The number of thiocarbonyl (C=S) groups is 1. The van der Waals surface area contributed by atoms with Crippen molar-refractivity contribution in [2.45, 2.75) is 6.92 Å². The molecule has 4 nitrogen and oxygen atoms in total. The van der Waals surface area contributed by atoms with Crippen LogP contribution in [0.4, 0.5) is 5.69 Å². The quantitative estimate of drug-likeness (QED) is 0.820. The molecule has 1 rings (SSSR count). The largest absolute Gasteiger partial charge is 0.493 e. The molecule has 0 heterocycles. The summed E-state index contributed by atoms with van der Waals surface area (Å²) in [4.78, 5) is 0. The Labute approximate surface area is 101 Å². The first-order chi connectivity index (χ1) is 7.71. The molecular weight excluding hydrogens is 226 g/mol. The smallest absolute Gasteiger partial charge is 0.261 e. The van der Waals surface area contributed by atoms with E-state index in [9.17, 15) is 0 Å². The summed E-state index contributed by atoms with van der Waals surface area (Å²) in [5.41, 5.74) is 0.802. The zero-order chi connectivity index (χ0) is 12.0. The summed E-state index contributed by atoms with van der Waals surface area (Å²) in [5, 5.41) is 3.28. The summed E-state index contributed by atoms with van der Waals surface area (Å²) >= 11 is 4.97. The number of methoxy groups -OCH3 is 2. The van der Waals surface area contributed by atoms with Crippen LogP contribution in [0.2, 0.25) is 0 Å². The minimum absolute atomic E-state index is 0.342. The second kappa shape index (κ2) is 6.17. The first kappa shape index (κ1) is 12.6. The van der Waals surface area contributed by atoms with Gasteiger partial charge in [0.25, 0.3) is 5.17 Å². The molecule has 0 aliphatic carbocycles. The maximum Gasteiger partial charge on any atom is 0.261 e. The fourth-order valence-electron chi connectivity index (χ4n) is 1.20. The molecule has 0 saturated heterocycles. The van der Waals surface area contributed by atoms with Crippen LogP contribution >= 0.6 is 12.2 Å². The van der Waals surface area contributed by atoms with Gasteiger partial charge in [-0.1, -0.05) is 0 Å². The molecule has 0 atom stereocenters. The first-order valence-electron chi connectivity index (χ1n) is 4.87. The van der Waals surface area contributed by atoms with Crippen LogP contribution in [-0.2, 0) is 4.74 Å². The van der Waals surface area contributed by atoms with Gasteiger partial charge in [0.2, 0.25) is 0 Å². The van der Waals surface area contributed by atoms with Crippen LogP contribution in [0.5, 0.6) is 11.5 Å². The van der Waals surface area contributed by atoms with Crippen molar-refractivity contribution in [2.24, 2.45) is 0 Å². The molecule has 0 spiro atoms. The average molecular weight is 241 g/mol. The minimum atomic E-state index is 0.342. The summed E-state index contributed by atoms with van der Waals surface area (Å²) in [6.45, 7) is 2.42. The molecule has 0 aromatic heterocycles. The van der Waals surface area contributed by atoms with Crippen LogP contribution in [0.15, 0.2) is 18.2 Å². The Kier molecular flexibility index (Phi) is 4.85. The van der Waals surface area contributed by atoms with E-state index in [4.69, 9.17) is 26.4 Å². The number of ether oxygens (including phenoxy) is 3. The molecule has 16 heavy (non-hydrogen) atoms. The summed E-state index contributed by atoms with van der Waals surface area (Å²) in [6, 6.07) is 5.44. The van der Waals surface area contributed by atoms with Crippen LogP contribution < -0.4 is 14.8 Å². The molecular formula is C11H15NO3S. The van der Waals surface area contributed by atoms with Gasteiger partial charge >= 0.3 is 0 Å². The standard InChI is InChI=1S/C11H15NO3S/c1-4-15-11(16)12-8-5-6-9(13-2)10(7-8)14-3/h5-7H,4H2,1-3H3,(H,12,16). The Bertz CT molecular complexity index is 368. The van der Waals surface area contributed by atoms with Gasteiger partial charge in [-0.2, -0.15) is 0 Å². The van der Waals surface area contributed by atoms with Gasteiger partial charge in [0.1, 0.15) is 0 Å². The van der Waals surface area contributed by atoms with Crippen LogP contribution in [-0.4, -0.2) is 26.0 Å². The average Bonchev–Trinajstić information content (AvgIpc) is 2.29. The number of benzene rings is 1. The summed E-state index contributed by atoms with van der Waals surface area (Å²) in [5.74, 6) is 1.32. The fourth-order valence-corrected chi connectivity index (χ4v) is 1.43. The van der Waals surface area contributed by atoms with Gasteiger partial charge in [0, 0.05) is 11.8 Å². The second-order valence-corrected chi connectivity index (χ2v) is 3.29. The zero-order valence-electron chi connectivity index (χ0n) is 9.57. The molecule has 1 aromatic rings. The molecule has 0 fully saturated rings. The highest BCUT2D eigenvalue weighted by Gasteiger charge is 2.05. The molecule has 1 N–H and O–H groups in total. The van der Waals surface area contributed by atoms with Gasteiger partial charge in [-0.15, -0.1) is 0 Å². The molecule has 0 bridgehead atoms. The van der Waals surface area contributed by atoms with Crippen molar-refractivity contribution < 1.29 is 14.2 Å². The van der Waals surface area contributed by atoms with Crippen molar-refractivity contribution in [3.8, 4) is 11.5 Å². The summed E-state index contributed by atoms with van der Waals surface area (Å²) in [6.07, 6.45) is 0. The third kappa shape index (κ3) is 3.27. The Morgan fingerprint density at radius 3 is 2.50 bits per heavy atom. The Morgan fingerprint density at radius 1 is 1.25 bits per heavy atom. The van der Waals surface area contributed by atoms with E-state index in [0.717, 1.165) is 5.69 Å². The van der Waals surface area contributed by atoms with E-state index < -0.39 is 0 Å². The number of nitrogens with one attached hydrogen (secondary N) is 1.